The van der Waals surface area contributed by atoms with Crippen LogP contribution >= 0.6 is 0 Å². The van der Waals surface area contributed by atoms with E-state index in [9.17, 15) is 18.0 Å². The van der Waals surface area contributed by atoms with Crippen molar-refractivity contribution in [3.63, 3.8) is 0 Å². The summed E-state index contributed by atoms with van der Waals surface area (Å²) in [6, 6.07) is 4.89. The molecule has 2 aromatic rings. The summed E-state index contributed by atoms with van der Waals surface area (Å²) in [7, 11) is 0. The number of hydrogen-bond acceptors (Lipinski definition) is 3. The van der Waals surface area contributed by atoms with Crippen molar-refractivity contribution in [3.05, 3.63) is 53.5 Å². The Labute approximate surface area is 112 Å². The number of nitrogens with two attached hydrogens (primary N) is 1. The SMILES string of the molecule is NCc1ccc(NC(=O)c2ccoc2)c(C(F)(F)F)c1. The van der Waals surface area contributed by atoms with Crippen LogP contribution in [-0.4, -0.2) is 5.91 Å². The second-order valence-corrected chi connectivity index (χ2v) is 4.05. The second-order valence-electron chi connectivity index (χ2n) is 4.05. The van der Waals surface area contributed by atoms with Crippen molar-refractivity contribution in [1.29, 1.82) is 0 Å². The number of anilines is 1. The Morgan fingerprint density at radius 1 is 1.30 bits per heavy atom. The highest BCUT2D eigenvalue weighted by molar-refractivity contribution is 6.04. The Balaban J connectivity index is 2.34. The van der Waals surface area contributed by atoms with Crippen LogP contribution in [0.2, 0.25) is 0 Å². The molecule has 106 valence electrons. The van der Waals surface area contributed by atoms with E-state index in [0.29, 0.717) is 5.56 Å². The third-order valence-corrected chi connectivity index (χ3v) is 2.66. The van der Waals surface area contributed by atoms with Crippen molar-refractivity contribution in [3.8, 4) is 0 Å². The molecule has 0 spiro atoms. The first kappa shape index (κ1) is 14.1. The van der Waals surface area contributed by atoms with Gasteiger partial charge in [0.15, 0.2) is 0 Å². The molecule has 7 heteroatoms. The molecule has 0 radical (unpaired) electrons. The lowest BCUT2D eigenvalue weighted by molar-refractivity contribution is -0.137. The molecule has 0 saturated heterocycles. The molecule has 2 rings (SSSR count). The molecule has 0 atom stereocenters. The standard InChI is InChI=1S/C13H11F3N2O2/c14-13(15,16)10-5-8(6-17)1-2-11(10)18-12(19)9-3-4-20-7-9/h1-5,7H,6,17H2,(H,18,19). The van der Waals surface area contributed by atoms with Crippen LogP contribution in [-0.2, 0) is 12.7 Å². The van der Waals surface area contributed by atoms with Gasteiger partial charge in [-0.25, -0.2) is 0 Å². The van der Waals surface area contributed by atoms with Gasteiger partial charge in [-0.2, -0.15) is 13.2 Å². The molecule has 0 saturated carbocycles. The van der Waals surface area contributed by atoms with Crippen molar-refractivity contribution in [1.82, 2.24) is 0 Å². The van der Waals surface area contributed by atoms with Gasteiger partial charge in [0.05, 0.1) is 23.1 Å². The van der Waals surface area contributed by atoms with E-state index in [4.69, 9.17) is 10.2 Å². The molecular weight excluding hydrogens is 273 g/mol. The number of alkyl halides is 3. The minimum Gasteiger partial charge on any atom is -0.472 e. The highest BCUT2D eigenvalue weighted by Gasteiger charge is 2.34. The first-order valence-electron chi connectivity index (χ1n) is 5.65. The van der Waals surface area contributed by atoms with E-state index in [0.717, 1.165) is 12.3 Å². The molecule has 1 aromatic carbocycles. The lowest BCUT2D eigenvalue weighted by Crippen LogP contribution is -2.17. The fourth-order valence-electron chi connectivity index (χ4n) is 1.65. The molecule has 1 amide bonds. The largest absolute Gasteiger partial charge is 0.472 e. The fraction of sp³-hybridized carbons (Fsp3) is 0.154. The number of rotatable bonds is 3. The molecule has 4 nitrogen and oxygen atoms in total. The van der Waals surface area contributed by atoms with Crippen molar-refractivity contribution in [2.75, 3.05) is 5.32 Å². The molecule has 3 N–H and O–H groups in total. The van der Waals surface area contributed by atoms with Crippen LogP contribution in [0.15, 0.2) is 41.2 Å². The van der Waals surface area contributed by atoms with Gasteiger partial charge in [0, 0.05) is 6.54 Å². The summed E-state index contributed by atoms with van der Waals surface area (Å²) in [5.41, 5.74) is 4.54. The topological polar surface area (TPSA) is 68.3 Å². The zero-order chi connectivity index (χ0) is 14.8. The summed E-state index contributed by atoms with van der Waals surface area (Å²) >= 11 is 0. The lowest BCUT2D eigenvalue weighted by Gasteiger charge is -2.14. The minimum absolute atomic E-state index is 0.0148. The first-order valence-corrected chi connectivity index (χ1v) is 5.65. The van der Waals surface area contributed by atoms with Crippen LogP contribution in [0.5, 0.6) is 0 Å². The van der Waals surface area contributed by atoms with Gasteiger partial charge in [-0.3, -0.25) is 4.79 Å². The Hall–Kier alpha value is -2.28. The van der Waals surface area contributed by atoms with Crippen LogP contribution in [0, 0.1) is 0 Å². The van der Waals surface area contributed by atoms with Crippen LogP contribution < -0.4 is 11.1 Å². The summed E-state index contributed by atoms with van der Waals surface area (Å²) in [6.45, 7) is -0.0148. The molecule has 0 aliphatic rings. The zero-order valence-corrected chi connectivity index (χ0v) is 10.2. The smallest absolute Gasteiger partial charge is 0.418 e. The molecule has 0 bridgehead atoms. The van der Waals surface area contributed by atoms with E-state index in [1.54, 1.807) is 0 Å². The van der Waals surface area contributed by atoms with Crippen molar-refractivity contribution >= 4 is 11.6 Å². The monoisotopic (exact) mass is 284 g/mol. The van der Waals surface area contributed by atoms with Crippen LogP contribution in [0.3, 0.4) is 0 Å². The molecule has 0 aliphatic heterocycles. The van der Waals surface area contributed by atoms with E-state index < -0.39 is 17.6 Å². The number of amides is 1. The fourth-order valence-corrected chi connectivity index (χ4v) is 1.65. The quantitative estimate of drug-likeness (QED) is 0.910. The van der Waals surface area contributed by atoms with E-state index in [1.165, 1.54) is 24.5 Å². The maximum absolute atomic E-state index is 12.9. The Morgan fingerprint density at radius 2 is 2.05 bits per heavy atom. The van der Waals surface area contributed by atoms with Gasteiger partial charge < -0.3 is 15.5 Å². The summed E-state index contributed by atoms with van der Waals surface area (Å²) in [6.07, 6.45) is -2.17. The van der Waals surface area contributed by atoms with E-state index in [2.05, 4.69) is 5.32 Å². The minimum atomic E-state index is -4.58. The number of halogens is 3. The maximum Gasteiger partial charge on any atom is 0.418 e. The van der Waals surface area contributed by atoms with E-state index in [1.807, 2.05) is 0 Å². The summed E-state index contributed by atoms with van der Waals surface area (Å²) in [5.74, 6) is -0.676. The Morgan fingerprint density at radius 3 is 2.60 bits per heavy atom. The maximum atomic E-state index is 12.9. The van der Waals surface area contributed by atoms with Gasteiger partial charge in [0.1, 0.15) is 6.26 Å². The van der Waals surface area contributed by atoms with E-state index in [-0.39, 0.29) is 17.8 Å². The zero-order valence-electron chi connectivity index (χ0n) is 10.2. The number of furan rings is 1. The molecule has 20 heavy (non-hydrogen) atoms. The van der Waals surface area contributed by atoms with Crippen LogP contribution in [0.1, 0.15) is 21.5 Å². The van der Waals surface area contributed by atoms with Crippen LogP contribution in [0.4, 0.5) is 18.9 Å². The molecular formula is C13H11F3N2O2. The summed E-state index contributed by atoms with van der Waals surface area (Å²) < 4.78 is 43.5. The number of nitrogens with one attached hydrogen (secondary N) is 1. The predicted octanol–water partition coefficient (Wildman–Crippen LogP) is 3.01. The van der Waals surface area contributed by atoms with Crippen molar-refractivity contribution in [2.45, 2.75) is 12.7 Å². The number of carbonyl (C=O) groups excluding carboxylic acids is 1. The van der Waals surface area contributed by atoms with E-state index >= 15 is 0 Å². The molecule has 0 aliphatic carbocycles. The summed E-state index contributed by atoms with van der Waals surface area (Å²) in [4.78, 5) is 11.7. The second kappa shape index (κ2) is 5.38. The van der Waals surface area contributed by atoms with Gasteiger partial charge in [0.2, 0.25) is 0 Å². The normalized spacial score (nSPS) is 11.4. The lowest BCUT2D eigenvalue weighted by atomic mass is 10.1. The highest BCUT2D eigenvalue weighted by atomic mass is 19.4. The molecule has 0 fully saturated rings. The van der Waals surface area contributed by atoms with Gasteiger partial charge in [-0.1, -0.05) is 6.07 Å². The predicted molar refractivity (Wildman–Crippen MR) is 66.0 cm³/mol. The van der Waals surface area contributed by atoms with Gasteiger partial charge in [0.25, 0.3) is 5.91 Å². The van der Waals surface area contributed by atoms with Crippen molar-refractivity contribution < 1.29 is 22.4 Å². The van der Waals surface area contributed by atoms with Gasteiger partial charge >= 0.3 is 6.18 Å². The number of benzene rings is 1. The molecule has 0 unspecified atom stereocenters. The number of carbonyl (C=O) groups is 1. The highest BCUT2D eigenvalue weighted by Crippen LogP contribution is 2.35. The Kier molecular flexibility index (Phi) is 3.80. The van der Waals surface area contributed by atoms with Crippen molar-refractivity contribution in [2.24, 2.45) is 5.73 Å². The first-order chi connectivity index (χ1) is 9.41. The summed E-state index contributed by atoms with van der Waals surface area (Å²) in [5, 5.41) is 2.21. The molecule has 1 aromatic heterocycles. The Bertz CT molecular complexity index is 607. The average molecular weight is 284 g/mol. The van der Waals surface area contributed by atoms with Crippen LogP contribution in [0.25, 0.3) is 0 Å². The number of hydrogen-bond donors (Lipinski definition) is 2. The van der Waals surface area contributed by atoms with Gasteiger partial charge in [-0.05, 0) is 23.8 Å². The van der Waals surface area contributed by atoms with Gasteiger partial charge in [-0.15, -0.1) is 0 Å². The average Bonchev–Trinajstić information content (AvgIpc) is 2.91. The third kappa shape index (κ3) is 3.00. The third-order valence-electron chi connectivity index (χ3n) is 2.66. The molecule has 1 heterocycles.